The van der Waals surface area contributed by atoms with E-state index in [1.807, 2.05) is 24.3 Å². The van der Waals surface area contributed by atoms with E-state index in [2.05, 4.69) is 11.9 Å². The summed E-state index contributed by atoms with van der Waals surface area (Å²) in [6.45, 7) is 2.03. The Kier molecular flexibility index (Phi) is 5.03. The van der Waals surface area contributed by atoms with Crippen molar-refractivity contribution in [3.63, 3.8) is 0 Å². The van der Waals surface area contributed by atoms with Gasteiger partial charge in [-0.05, 0) is 63.2 Å². The van der Waals surface area contributed by atoms with Crippen LogP contribution in [0.5, 0.6) is 0 Å². The molecule has 0 bridgehead atoms. The van der Waals surface area contributed by atoms with Crippen molar-refractivity contribution >= 4 is 10.8 Å². The second kappa shape index (κ2) is 7.61. The zero-order chi connectivity index (χ0) is 18.8. The molecule has 4 nitrogen and oxygen atoms in total. The molecule has 2 aromatic carbocycles. The zero-order valence-corrected chi connectivity index (χ0v) is 15.6. The fraction of sp³-hybridized carbons (Fsp3) is 0.364. The fourth-order valence-corrected chi connectivity index (χ4v) is 3.91. The van der Waals surface area contributed by atoms with E-state index >= 15 is 0 Å². The lowest BCUT2D eigenvalue weighted by Gasteiger charge is -2.19. The summed E-state index contributed by atoms with van der Waals surface area (Å²) >= 11 is 0. The zero-order valence-electron chi connectivity index (χ0n) is 15.6. The minimum Gasteiger partial charge on any atom is -0.306 e. The topological polar surface area (TPSA) is 38.1 Å². The second-order valence-corrected chi connectivity index (χ2v) is 7.43. The smallest absolute Gasteiger partial charge is 0.274 e. The molecular formula is C22H24FN3O. The monoisotopic (exact) mass is 364 g/mol. The van der Waals surface area contributed by atoms with Crippen molar-refractivity contribution in [1.82, 2.24) is 14.7 Å². The molecule has 1 aromatic heterocycles. The van der Waals surface area contributed by atoms with Gasteiger partial charge in [-0.25, -0.2) is 9.07 Å². The van der Waals surface area contributed by atoms with E-state index in [9.17, 15) is 9.18 Å². The van der Waals surface area contributed by atoms with Gasteiger partial charge in [0.15, 0.2) is 0 Å². The molecule has 3 aromatic rings. The summed E-state index contributed by atoms with van der Waals surface area (Å²) in [7, 11) is 2.12. The number of halogens is 1. The maximum atomic E-state index is 13.2. The Morgan fingerprint density at radius 1 is 1.04 bits per heavy atom. The van der Waals surface area contributed by atoms with Gasteiger partial charge in [-0.3, -0.25) is 4.79 Å². The molecule has 1 atom stereocenters. The molecule has 1 fully saturated rings. The average molecular weight is 364 g/mol. The number of benzene rings is 2. The summed E-state index contributed by atoms with van der Waals surface area (Å²) in [5.41, 5.74) is 1.84. The normalized spacial score (nSPS) is 18.5. The molecule has 1 aliphatic heterocycles. The number of rotatable bonds is 3. The van der Waals surface area contributed by atoms with Gasteiger partial charge in [0.25, 0.3) is 5.56 Å². The third kappa shape index (κ3) is 3.78. The van der Waals surface area contributed by atoms with Gasteiger partial charge in [0.05, 0.1) is 17.1 Å². The minimum atomic E-state index is -0.246. The number of hydrogen-bond donors (Lipinski definition) is 0. The van der Waals surface area contributed by atoms with E-state index in [-0.39, 0.29) is 17.4 Å². The van der Waals surface area contributed by atoms with Crippen LogP contribution in [0.4, 0.5) is 4.39 Å². The van der Waals surface area contributed by atoms with E-state index in [0.717, 1.165) is 49.0 Å². The van der Waals surface area contributed by atoms with Crippen LogP contribution in [0.2, 0.25) is 0 Å². The van der Waals surface area contributed by atoms with E-state index in [1.54, 1.807) is 16.8 Å². The van der Waals surface area contributed by atoms with Gasteiger partial charge in [-0.15, -0.1) is 0 Å². The highest BCUT2D eigenvalue weighted by Gasteiger charge is 2.21. The first-order valence-corrected chi connectivity index (χ1v) is 9.55. The van der Waals surface area contributed by atoms with E-state index in [1.165, 1.54) is 12.1 Å². The van der Waals surface area contributed by atoms with Gasteiger partial charge in [0.1, 0.15) is 5.82 Å². The van der Waals surface area contributed by atoms with Gasteiger partial charge >= 0.3 is 0 Å². The number of fused-ring (bicyclic) bond motifs is 1. The maximum Gasteiger partial charge on any atom is 0.274 e. The van der Waals surface area contributed by atoms with Crippen molar-refractivity contribution < 1.29 is 4.39 Å². The number of nitrogens with zero attached hydrogens (tertiary/aromatic N) is 3. The molecule has 0 N–H and O–H groups in total. The van der Waals surface area contributed by atoms with Crippen LogP contribution < -0.4 is 5.56 Å². The van der Waals surface area contributed by atoms with Crippen LogP contribution in [0.25, 0.3) is 10.8 Å². The second-order valence-electron chi connectivity index (χ2n) is 7.43. The molecule has 2 heterocycles. The molecule has 5 heteroatoms. The maximum absolute atomic E-state index is 13.2. The third-order valence-corrected chi connectivity index (χ3v) is 5.46. The first-order valence-electron chi connectivity index (χ1n) is 9.55. The predicted molar refractivity (Wildman–Crippen MR) is 106 cm³/mol. The van der Waals surface area contributed by atoms with Crippen LogP contribution in [-0.4, -0.2) is 34.8 Å². The molecule has 1 saturated heterocycles. The van der Waals surface area contributed by atoms with Gasteiger partial charge in [0.2, 0.25) is 0 Å². The molecule has 4 rings (SSSR count). The fourth-order valence-electron chi connectivity index (χ4n) is 3.91. The third-order valence-electron chi connectivity index (χ3n) is 5.46. The van der Waals surface area contributed by atoms with E-state index < -0.39 is 0 Å². The molecule has 0 aliphatic carbocycles. The molecule has 1 unspecified atom stereocenters. The number of hydrogen-bond acceptors (Lipinski definition) is 3. The van der Waals surface area contributed by atoms with Crippen LogP contribution in [0.3, 0.4) is 0 Å². The molecule has 27 heavy (non-hydrogen) atoms. The Morgan fingerprint density at radius 2 is 1.78 bits per heavy atom. The largest absolute Gasteiger partial charge is 0.306 e. The Hall–Kier alpha value is -2.53. The summed E-state index contributed by atoms with van der Waals surface area (Å²) in [5.74, 6) is -0.246. The first kappa shape index (κ1) is 17.9. The Labute approximate surface area is 158 Å². The van der Waals surface area contributed by atoms with Crippen molar-refractivity contribution in [1.29, 1.82) is 0 Å². The first-order chi connectivity index (χ1) is 13.1. The summed E-state index contributed by atoms with van der Waals surface area (Å²) in [6, 6.07) is 14.3. The van der Waals surface area contributed by atoms with Crippen molar-refractivity contribution in [3.8, 4) is 0 Å². The average Bonchev–Trinajstić information content (AvgIpc) is 2.90. The molecule has 0 amide bonds. The lowest BCUT2D eigenvalue weighted by molar-refractivity contribution is 0.334. The molecule has 1 aliphatic rings. The molecule has 140 valence electrons. The van der Waals surface area contributed by atoms with Crippen molar-refractivity contribution in [2.75, 3.05) is 20.1 Å². The highest BCUT2D eigenvalue weighted by atomic mass is 18.2. The number of aromatic nitrogens is 2. The van der Waals surface area contributed by atoms with Crippen molar-refractivity contribution in [2.45, 2.75) is 31.7 Å². The van der Waals surface area contributed by atoms with Crippen LogP contribution >= 0.6 is 0 Å². The molecular weight excluding hydrogens is 340 g/mol. The predicted octanol–water partition coefficient (Wildman–Crippen LogP) is 3.78. The number of likely N-dealkylation sites (tertiary alicyclic amines) is 1. The molecule has 0 spiro atoms. The molecule has 0 radical (unpaired) electrons. The summed E-state index contributed by atoms with van der Waals surface area (Å²) in [5, 5.41) is 6.39. The minimum absolute atomic E-state index is 0.0111. The molecule has 0 saturated carbocycles. The van der Waals surface area contributed by atoms with Crippen molar-refractivity contribution in [3.05, 3.63) is 76.0 Å². The summed E-state index contributed by atoms with van der Waals surface area (Å²) in [4.78, 5) is 15.4. The highest BCUT2D eigenvalue weighted by molar-refractivity contribution is 5.83. The summed E-state index contributed by atoms with van der Waals surface area (Å²) in [6.07, 6.45) is 3.53. The van der Waals surface area contributed by atoms with Crippen LogP contribution in [0.15, 0.2) is 53.3 Å². The highest BCUT2D eigenvalue weighted by Crippen LogP contribution is 2.23. The van der Waals surface area contributed by atoms with Crippen LogP contribution in [0, 0.1) is 5.82 Å². The SMILES string of the molecule is CN1CCCC(n2nc(Cc3ccc([18F])cc3)c3ccccc3c2=O)CC1. The van der Waals surface area contributed by atoms with Crippen molar-refractivity contribution in [2.24, 2.45) is 0 Å². The quantitative estimate of drug-likeness (QED) is 0.710. The Morgan fingerprint density at radius 3 is 2.56 bits per heavy atom. The van der Waals surface area contributed by atoms with Crippen LogP contribution in [0.1, 0.15) is 36.6 Å². The van der Waals surface area contributed by atoms with Crippen LogP contribution in [-0.2, 0) is 6.42 Å². The van der Waals surface area contributed by atoms with Gasteiger partial charge in [0, 0.05) is 11.8 Å². The van der Waals surface area contributed by atoms with E-state index in [0.29, 0.717) is 11.8 Å². The Bertz CT molecular complexity index is 997. The lowest BCUT2D eigenvalue weighted by atomic mass is 10.0. The standard InChI is InChI=1S/C22H24FN3O/c1-25-13-4-5-18(12-14-25)26-22(27)20-7-3-2-6-19(20)21(24-26)15-16-8-10-17(23)11-9-16/h2-3,6-11,18H,4-5,12-15H2,1H3/i23-1. The van der Waals surface area contributed by atoms with E-state index in [4.69, 9.17) is 5.10 Å². The van der Waals surface area contributed by atoms with Gasteiger partial charge < -0.3 is 4.90 Å². The van der Waals surface area contributed by atoms with Gasteiger partial charge in [-0.1, -0.05) is 30.3 Å². The Balaban J connectivity index is 1.79. The summed E-state index contributed by atoms with van der Waals surface area (Å²) < 4.78 is 15.0. The lowest BCUT2D eigenvalue weighted by Crippen LogP contribution is -2.29. The van der Waals surface area contributed by atoms with Gasteiger partial charge in [-0.2, -0.15) is 5.10 Å².